The van der Waals surface area contributed by atoms with Gasteiger partial charge >= 0.3 is 0 Å². The Hall–Kier alpha value is -2.40. The largest absolute Gasteiger partial charge is 0.326 e. The van der Waals surface area contributed by atoms with Crippen molar-refractivity contribution >= 4 is 34.8 Å². The summed E-state index contributed by atoms with van der Waals surface area (Å²) in [7, 11) is 0. The van der Waals surface area contributed by atoms with E-state index >= 15 is 0 Å². The highest BCUT2D eigenvalue weighted by atomic mass is 35.5. The van der Waals surface area contributed by atoms with Crippen LogP contribution in [-0.2, 0) is 16.0 Å². The van der Waals surface area contributed by atoms with Crippen molar-refractivity contribution in [1.82, 2.24) is 0 Å². The molecule has 0 unspecified atom stereocenters. The lowest BCUT2D eigenvalue weighted by molar-refractivity contribution is -0.117. The molecule has 2 aromatic carbocycles. The second-order valence-corrected chi connectivity index (χ2v) is 6.04. The maximum atomic E-state index is 13.6. The van der Waals surface area contributed by atoms with Crippen molar-refractivity contribution in [1.29, 1.82) is 0 Å². The number of halogens is 2. The zero-order valence-corrected chi connectivity index (χ0v) is 13.6. The van der Waals surface area contributed by atoms with Crippen LogP contribution in [0.4, 0.5) is 15.8 Å². The predicted molar refractivity (Wildman–Crippen MR) is 91.8 cm³/mol. The number of nitrogens with one attached hydrogen (secondary N) is 1. The third-order valence-electron chi connectivity index (χ3n) is 3.90. The average molecular weight is 347 g/mol. The molecule has 1 saturated heterocycles. The standard InChI is InChI=1S/C18H16ClFN2O2/c19-14-11-13(7-8-16(14)22-9-3-6-18(22)24)21-17(23)10-12-4-1-2-5-15(12)20/h1-2,4-5,7-8,11H,3,6,9-10H2,(H,21,23). The lowest BCUT2D eigenvalue weighted by Gasteiger charge is -2.18. The van der Waals surface area contributed by atoms with Gasteiger partial charge in [0.15, 0.2) is 0 Å². The maximum Gasteiger partial charge on any atom is 0.228 e. The molecule has 1 aliphatic heterocycles. The van der Waals surface area contributed by atoms with Crippen molar-refractivity contribution in [2.75, 3.05) is 16.8 Å². The Labute approximate surface area is 144 Å². The summed E-state index contributed by atoms with van der Waals surface area (Å²) in [5, 5.41) is 3.09. The molecule has 2 amide bonds. The molecule has 4 nitrogen and oxygen atoms in total. The minimum Gasteiger partial charge on any atom is -0.326 e. The van der Waals surface area contributed by atoms with Crippen LogP contribution in [0.2, 0.25) is 5.02 Å². The molecular formula is C18H16ClFN2O2. The molecule has 0 saturated carbocycles. The summed E-state index contributed by atoms with van der Waals surface area (Å²) in [5.74, 6) is -0.692. The highest BCUT2D eigenvalue weighted by Gasteiger charge is 2.23. The Kier molecular flexibility index (Phi) is 4.81. The highest BCUT2D eigenvalue weighted by molar-refractivity contribution is 6.34. The molecular weight excluding hydrogens is 331 g/mol. The number of carbonyl (C=O) groups excluding carboxylic acids is 2. The molecule has 0 spiro atoms. The fourth-order valence-electron chi connectivity index (χ4n) is 2.73. The van der Waals surface area contributed by atoms with Gasteiger partial charge in [0.2, 0.25) is 11.8 Å². The van der Waals surface area contributed by atoms with Crippen molar-refractivity contribution in [3.05, 3.63) is 58.9 Å². The molecule has 0 bridgehead atoms. The summed E-state index contributed by atoms with van der Waals surface area (Å²) in [6.07, 6.45) is 1.28. The number of nitrogens with zero attached hydrogens (tertiary/aromatic N) is 1. The number of hydrogen-bond acceptors (Lipinski definition) is 2. The van der Waals surface area contributed by atoms with Crippen LogP contribution in [0, 0.1) is 5.82 Å². The molecule has 0 aromatic heterocycles. The number of amides is 2. The van der Waals surface area contributed by atoms with E-state index in [1.54, 1.807) is 41.3 Å². The van der Waals surface area contributed by atoms with Gasteiger partial charge in [-0.2, -0.15) is 0 Å². The highest BCUT2D eigenvalue weighted by Crippen LogP contribution is 2.31. The lowest BCUT2D eigenvalue weighted by atomic mass is 10.1. The van der Waals surface area contributed by atoms with Gasteiger partial charge in [0.1, 0.15) is 5.82 Å². The van der Waals surface area contributed by atoms with E-state index in [0.29, 0.717) is 34.9 Å². The Balaban J connectivity index is 1.69. The Morgan fingerprint density at radius 3 is 2.71 bits per heavy atom. The molecule has 1 N–H and O–H groups in total. The van der Waals surface area contributed by atoms with Gasteiger partial charge in [0.05, 0.1) is 17.1 Å². The molecule has 1 aliphatic rings. The van der Waals surface area contributed by atoms with Gasteiger partial charge in [-0.05, 0) is 36.2 Å². The van der Waals surface area contributed by atoms with Crippen LogP contribution in [0.5, 0.6) is 0 Å². The van der Waals surface area contributed by atoms with Gasteiger partial charge in [0.25, 0.3) is 0 Å². The fourth-order valence-corrected chi connectivity index (χ4v) is 3.01. The Morgan fingerprint density at radius 2 is 2.04 bits per heavy atom. The minimum absolute atomic E-state index is 0.0493. The van der Waals surface area contributed by atoms with E-state index in [2.05, 4.69) is 5.32 Å². The number of hydrogen-bond donors (Lipinski definition) is 1. The maximum absolute atomic E-state index is 13.6. The smallest absolute Gasteiger partial charge is 0.228 e. The van der Waals surface area contributed by atoms with Crippen LogP contribution in [0.25, 0.3) is 0 Å². The average Bonchev–Trinajstić information content (AvgIpc) is 2.96. The first-order valence-electron chi connectivity index (χ1n) is 7.68. The monoisotopic (exact) mass is 346 g/mol. The minimum atomic E-state index is -0.409. The van der Waals surface area contributed by atoms with Gasteiger partial charge in [-0.15, -0.1) is 0 Å². The molecule has 1 heterocycles. The van der Waals surface area contributed by atoms with E-state index < -0.39 is 5.82 Å². The zero-order chi connectivity index (χ0) is 17.1. The van der Waals surface area contributed by atoms with Gasteiger partial charge in [0, 0.05) is 18.7 Å². The van der Waals surface area contributed by atoms with Crippen LogP contribution in [0.3, 0.4) is 0 Å². The first-order valence-corrected chi connectivity index (χ1v) is 8.05. The van der Waals surface area contributed by atoms with E-state index in [-0.39, 0.29) is 18.2 Å². The van der Waals surface area contributed by atoms with Crippen molar-refractivity contribution in [2.45, 2.75) is 19.3 Å². The van der Waals surface area contributed by atoms with Crippen LogP contribution >= 0.6 is 11.6 Å². The molecule has 3 rings (SSSR count). The summed E-state index contributed by atoms with van der Waals surface area (Å²) in [6.45, 7) is 0.650. The molecule has 0 atom stereocenters. The quantitative estimate of drug-likeness (QED) is 0.915. The SMILES string of the molecule is O=C(Cc1ccccc1F)Nc1ccc(N2CCCC2=O)c(Cl)c1. The summed E-state index contributed by atoms with van der Waals surface area (Å²) in [5.41, 5.74) is 1.49. The third-order valence-corrected chi connectivity index (χ3v) is 4.21. The number of anilines is 2. The van der Waals surface area contributed by atoms with Crippen LogP contribution in [-0.4, -0.2) is 18.4 Å². The van der Waals surface area contributed by atoms with E-state index in [4.69, 9.17) is 11.6 Å². The predicted octanol–water partition coefficient (Wildman–Crippen LogP) is 3.79. The zero-order valence-electron chi connectivity index (χ0n) is 12.9. The first-order chi connectivity index (χ1) is 11.5. The van der Waals surface area contributed by atoms with E-state index in [0.717, 1.165) is 6.42 Å². The molecule has 6 heteroatoms. The van der Waals surface area contributed by atoms with Crippen LogP contribution in [0.1, 0.15) is 18.4 Å². The van der Waals surface area contributed by atoms with Gasteiger partial charge in [-0.1, -0.05) is 29.8 Å². The molecule has 0 aliphatic carbocycles. The molecule has 24 heavy (non-hydrogen) atoms. The first kappa shape index (κ1) is 16.5. The van der Waals surface area contributed by atoms with Crippen molar-refractivity contribution in [2.24, 2.45) is 0 Å². The summed E-state index contributed by atoms with van der Waals surface area (Å²) >= 11 is 6.24. The Bertz CT molecular complexity index is 794. The second-order valence-electron chi connectivity index (χ2n) is 5.63. The van der Waals surface area contributed by atoms with Crippen molar-refractivity contribution < 1.29 is 14.0 Å². The molecule has 0 radical (unpaired) electrons. The lowest BCUT2D eigenvalue weighted by Crippen LogP contribution is -2.24. The normalized spacial score (nSPS) is 14.1. The van der Waals surface area contributed by atoms with Crippen LogP contribution in [0.15, 0.2) is 42.5 Å². The third kappa shape index (κ3) is 3.57. The Morgan fingerprint density at radius 1 is 1.25 bits per heavy atom. The van der Waals surface area contributed by atoms with E-state index in [9.17, 15) is 14.0 Å². The molecule has 1 fully saturated rings. The summed E-state index contributed by atoms with van der Waals surface area (Å²) in [6, 6.07) is 11.2. The number of carbonyl (C=O) groups is 2. The van der Waals surface area contributed by atoms with E-state index in [1.807, 2.05) is 0 Å². The number of rotatable bonds is 4. The molecule has 2 aromatic rings. The van der Waals surface area contributed by atoms with Gasteiger partial charge in [-0.3, -0.25) is 9.59 Å². The van der Waals surface area contributed by atoms with Gasteiger partial charge < -0.3 is 10.2 Å². The van der Waals surface area contributed by atoms with Crippen molar-refractivity contribution in [3.63, 3.8) is 0 Å². The van der Waals surface area contributed by atoms with Crippen molar-refractivity contribution in [3.8, 4) is 0 Å². The summed E-state index contributed by atoms with van der Waals surface area (Å²) < 4.78 is 13.6. The summed E-state index contributed by atoms with van der Waals surface area (Å²) in [4.78, 5) is 25.5. The topological polar surface area (TPSA) is 49.4 Å². The van der Waals surface area contributed by atoms with E-state index in [1.165, 1.54) is 6.07 Å². The van der Waals surface area contributed by atoms with Gasteiger partial charge in [-0.25, -0.2) is 4.39 Å². The second kappa shape index (κ2) is 7.01. The fraction of sp³-hybridized carbons (Fsp3) is 0.222. The number of benzene rings is 2. The molecule has 124 valence electrons. The van der Waals surface area contributed by atoms with Crippen LogP contribution < -0.4 is 10.2 Å².